The first-order valence-electron chi connectivity index (χ1n) is 9.46. The molecule has 1 aromatic carbocycles. The molecule has 2 aliphatic rings. The number of hydrogen-bond donors (Lipinski definition) is 1. The van der Waals surface area contributed by atoms with Crippen LogP contribution in [-0.2, 0) is 17.9 Å². The van der Waals surface area contributed by atoms with Gasteiger partial charge in [0.05, 0.1) is 34.4 Å². The summed E-state index contributed by atoms with van der Waals surface area (Å²) in [5.41, 5.74) is 7.85. The van der Waals surface area contributed by atoms with Gasteiger partial charge in [-0.25, -0.2) is 0 Å². The van der Waals surface area contributed by atoms with Crippen molar-refractivity contribution >= 4 is 35.0 Å². The van der Waals surface area contributed by atoms with Crippen LogP contribution < -0.4 is 5.73 Å². The Morgan fingerprint density at radius 1 is 1.21 bits per heavy atom. The summed E-state index contributed by atoms with van der Waals surface area (Å²) in [6, 6.07) is 5.10. The average Bonchev–Trinajstić information content (AvgIpc) is 3.01. The van der Waals surface area contributed by atoms with Gasteiger partial charge in [0.15, 0.2) is 0 Å². The molecule has 0 atom stereocenters. The Hall–Kier alpha value is -2.05. The number of primary amides is 1. The second-order valence-electron chi connectivity index (χ2n) is 7.85. The zero-order valence-electron chi connectivity index (χ0n) is 15.6. The second-order valence-corrected chi connectivity index (χ2v) is 8.66. The van der Waals surface area contributed by atoms with Crippen molar-refractivity contribution in [2.24, 2.45) is 17.6 Å². The molecule has 2 aromatic rings. The van der Waals surface area contributed by atoms with Crippen LogP contribution in [0, 0.1) is 11.8 Å². The largest absolute Gasteiger partial charge is 0.365 e. The molecule has 0 saturated heterocycles. The lowest BCUT2D eigenvalue weighted by atomic mass is 9.74. The number of carbonyl (C=O) groups is 2. The average molecular weight is 421 g/mol. The summed E-state index contributed by atoms with van der Waals surface area (Å²) in [7, 11) is 0. The third-order valence-electron chi connectivity index (χ3n) is 5.71. The van der Waals surface area contributed by atoms with Crippen molar-refractivity contribution in [1.82, 2.24) is 14.7 Å². The van der Waals surface area contributed by atoms with E-state index in [1.165, 1.54) is 0 Å². The Kier molecular flexibility index (Phi) is 5.10. The van der Waals surface area contributed by atoms with E-state index in [1.807, 2.05) is 4.90 Å². The molecule has 1 fully saturated rings. The molecular weight excluding hydrogens is 399 g/mol. The van der Waals surface area contributed by atoms with Crippen molar-refractivity contribution in [2.75, 3.05) is 6.54 Å². The predicted octanol–water partition coefficient (Wildman–Crippen LogP) is 3.73. The molecule has 0 unspecified atom stereocenters. The van der Waals surface area contributed by atoms with Crippen LogP contribution in [0.15, 0.2) is 18.2 Å². The van der Waals surface area contributed by atoms with Crippen LogP contribution in [0.4, 0.5) is 0 Å². The van der Waals surface area contributed by atoms with Crippen LogP contribution in [0.5, 0.6) is 0 Å². The van der Waals surface area contributed by atoms with Gasteiger partial charge in [-0.1, -0.05) is 36.2 Å². The van der Waals surface area contributed by atoms with Gasteiger partial charge in [-0.3, -0.25) is 14.3 Å². The Morgan fingerprint density at radius 3 is 2.61 bits per heavy atom. The molecule has 2 heterocycles. The highest BCUT2D eigenvalue weighted by atomic mass is 35.5. The van der Waals surface area contributed by atoms with Crippen molar-refractivity contribution in [1.29, 1.82) is 0 Å². The van der Waals surface area contributed by atoms with Gasteiger partial charge < -0.3 is 10.6 Å². The number of nitrogens with zero attached hydrogens (tertiary/aromatic N) is 3. The van der Waals surface area contributed by atoms with Crippen molar-refractivity contribution in [3.63, 3.8) is 0 Å². The molecule has 0 bridgehead atoms. The minimum atomic E-state index is -0.565. The van der Waals surface area contributed by atoms with Crippen LogP contribution in [0.3, 0.4) is 0 Å². The Balaban J connectivity index is 1.62. The summed E-state index contributed by atoms with van der Waals surface area (Å²) in [6.45, 7) is 3.66. The molecule has 148 valence electrons. The van der Waals surface area contributed by atoms with Gasteiger partial charge in [0.25, 0.3) is 5.91 Å². The Morgan fingerprint density at radius 2 is 1.96 bits per heavy atom. The first-order chi connectivity index (χ1) is 13.3. The monoisotopic (exact) mass is 420 g/mol. The van der Waals surface area contributed by atoms with E-state index in [9.17, 15) is 9.59 Å². The molecule has 2 amide bonds. The number of hydrogen-bond acceptors (Lipinski definition) is 3. The molecular formula is C20H22Cl2N4O2. The van der Waals surface area contributed by atoms with E-state index in [1.54, 1.807) is 22.9 Å². The first-order valence-corrected chi connectivity index (χ1v) is 10.2. The lowest BCUT2D eigenvalue weighted by Gasteiger charge is -2.35. The van der Waals surface area contributed by atoms with Crippen molar-refractivity contribution < 1.29 is 9.59 Å². The normalized spacial score (nSPS) is 21.2. The van der Waals surface area contributed by atoms with E-state index >= 15 is 0 Å². The number of nitrogens with two attached hydrogens (primary N) is 1. The van der Waals surface area contributed by atoms with Gasteiger partial charge in [0, 0.05) is 18.5 Å². The molecule has 1 saturated carbocycles. The standard InChI is InChI=1S/C20H22Cl2N4O2/c1-11-6-12(7-11)8-17(27)25-4-5-26-16(10-25)18(20(23)28)19(24-26)13-2-3-14(21)15(22)9-13/h2-3,9,11-12H,4-8,10H2,1H3,(H2,23,28). The van der Waals surface area contributed by atoms with E-state index in [0.717, 1.165) is 18.8 Å². The summed E-state index contributed by atoms with van der Waals surface area (Å²) >= 11 is 12.1. The third kappa shape index (κ3) is 3.51. The fourth-order valence-corrected chi connectivity index (χ4v) is 4.54. The molecule has 1 aliphatic heterocycles. The summed E-state index contributed by atoms with van der Waals surface area (Å²) in [4.78, 5) is 26.7. The fraction of sp³-hybridized carbons (Fsp3) is 0.450. The van der Waals surface area contributed by atoms with Gasteiger partial charge in [0.1, 0.15) is 5.69 Å². The van der Waals surface area contributed by atoms with Crippen LogP contribution in [0.25, 0.3) is 11.3 Å². The van der Waals surface area contributed by atoms with Gasteiger partial charge >= 0.3 is 0 Å². The second kappa shape index (κ2) is 7.41. The van der Waals surface area contributed by atoms with Crippen molar-refractivity contribution in [3.05, 3.63) is 39.5 Å². The van der Waals surface area contributed by atoms with Crippen LogP contribution in [0.1, 0.15) is 42.2 Å². The number of fused-ring (bicyclic) bond motifs is 1. The van der Waals surface area contributed by atoms with Crippen molar-refractivity contribution in [3.8, 4) is 11.3 Å². The summed E-state index contributed by atoms with van der Waals surface area (Å²) in [6.07, 6.45) is 2.81. The summed E-state index contributed by atoms with van der Waals surface area (Å²) < 4.78 is 1.77. The molecule has 1 aliphatic carbocycles. The Bertz CT molecular complexity index is 950. The highest BCUT2D eigenvalue weighted by Crippen LogP contribution is 2.36. The summed E-state index contributed by atoms with van der Waals surface area (Å²) in [5.74, 6) is 0.771. The molecule has 8 heteroatoms. The maximum Gasteiger partial charge on any atom is 0.252 e. The quantitative estimate of drug-likeness (QED) is 0.817. The Labute approximate surface area is 173 Å². The fourth-order valence-electron chi connectivity index (χ4n) is 4.25. The lowest BCUT2D eigenvalue weighted by molar-refractivity contribution is -0.134. The van der Waals surface area contributed by atoms with Crippen LogP contribution in [-0.4, -0.2) is 33.0 Å². The van der Waals surface area contributed by atoms with E-state index in [-0.39, 0.29) is 5.91 Å². The zero-order chi connectivity index (χ0) is 20.0. The third-order valence-corrected chi connectivity index (χ3v) is 6.45. The number of benzene rings is 1. The van der Waals surface area contributed by atoms with Gasteiger partial charge in [-0.05, 0) is 36.8 Å². The lowest BCUT2D eigenvalue weighted by Crippen LogP contribution is -2.40. The van der Waals surface area contributed by atoms with Crippen LogP contribution in [0.2, 0.25) is 10.0 Å². The number of aromatic nitrogens is 2. The molecule has 2 N–H and O–H groups in total. The zero-order valence-corrected chi connectivity index (χ0v) is 17.1. The maximum atomic E-state index is 12.7. The van der Waals surface area contributed by atoms with E-state index in [4.69, 9.17) is 28.9 Å². The molecule has 0 spiro atoms. The highest BCUT2D eigenvalue weighted by molar-refractivity contribution is 6.42. The number of halogens is 2. The SMILES string of the molecule is CC1CC(CC(=O)N2CCn3nc(-c4ccc(Cl)c(Cl)c4)c(C(N)=O)c3C2)C1. The van der Waals surface area contributed by atoms with E-state index in [2.05, 4.69) is 12.0 Å². The molecule has 1 aromatic heterocycles. The molecule has 0 radical (unpaired) electrons. The van der Waals surface area contributed by atoms with Crippen LogP contribution >= 0.6 is 23.2 Å². The van der Waals surface area contributed by atoms with Gasteiger partial charge in [-0.2, -0.15) is 5.10 Å². The first kappa shape index (κ1) is 19.3. The molecule has 6 nitrogen and oxygen atoms in total. The smallest absolute Gasteiger partial charge is 0.252 e. The molecule has 4 rings (SSSR count). The van der Waals surface area contributed by atoms with Gasteiger partial charge in [0.2, 0.25) is 5.91 Å². The topological polar surface area (TPSA) is 81.2 Å². The minimum Gasteiger partial charge on any atom is -0.365 e. The maximum absolute atomic E-state index is 12.7. The highest BCUT2D eigenvalue weighted by Gasteiger charge is 2.33. The summed E-state index contributed by atoms with van der Waals surface area (Å²) in [5, 5.41) is 5.39. The predicted molar refractivity (Wildman–Crippen MR) is 108 cm³/mol. The van der Waals surface area contributed by atoms with Gasteiger partial charge in [-0.15, -0.1) is 0 Å². The van der Waals surface area contributed by atoms with Crippen molar-refractivity contribution in [2.45, 2.75) is 39.3 Å². The minimum absolute atomic E-state index is 0.135. The molecule has 28 heavy (non-hydrogen) atoms. The van der Waals surface area contributed by atoms with E-state index < -0.39 is 5.91 Å². The number of amides is 2. The number of rotatable bonds is 4. The van der Waals surface area contributed by atoms with E-state index in [0.29, 0.717) is 64.5 Å². The number of carbonyl (C=O) groups excluding carboxylic acids is 2.